The molecule has 7 heteroatoms. The molecule has 4 heterocycles. The number of anilines is 1. The zero-order chi connectivity index (χ0) is 19.8. The highest BCUT2D eigenvalue weighted by Crippen LogP contribution is 2.31. The minimum Gasteiger partial charge on any atom is -0.508 e. The predicted octanol–water partition coefficient (Wildman–Crippen LogP) is 3.37. The number of benzene rings is 1. The van der Waals surface area contributed by atoms with Crippen LogP contribution in [0.4, 0.5) is 5.82 Å². The van der Waals surface area contributed by atoms with Crippen molar-refractivity contribution in [2.45, 2.75) is 18.9 Å². The molecule has 0 aliphatic carbocycles. The fourth-order valence-electron chi connectivity index (χ4n) is 3.87. The molecule has 4 N–H and O–H groups in total. The van der Waals surface area contributed by atoms with Crippen LogP contribution in [0.15, 0.2) is 55.1 Å². The van der Waals surface area contributed by atoms with Crippen molar-refractivity contribution in [1.82, 2.24) is 25.1 Å². The van der Waals surface area contributed by atoms with Crippen molar-refractivity contribution in [1.29, 1.82) is 0 Å². The summed E-state index contributed by atoms with van der Waals surface area (Å²) in [7, 11) is 0. The lowest BCUT2D eigenvalue weighted by Gasteiger charge is -2.22. The largest absolute Gasteiger partial charge is 0.508 e. The molecule has 4 aromatic rings. The highest BCUT2D eigenvalue weighted by Gasteiger charge is 2.17. The van der Waals surface area contributed by atoms with E-state index in [0.717, 1.165) is 59.1 Å². The number of aromatic hydroxyl groups is 1. The Kier molecular flexibility index (Phi) is 4.37. The zero-order valence-electron chi connectivity index (χ0n) is 15.9. The first-order valence-electron chi connectivity index (χ1n) is 9.77. The molecule has 1 aliphatic heterocycles. The van der Waals surface area contributed by atoms with Crippen LogP contribution < -0.4 is 11.1 Å². The van der Waals surface area contributed by atoms with E-state index in [2.05, 4.69) is 31.3 Å². The van der Waals surface area contributed by atoms with E-state index in [1.54, 1.807) is 24.5 Å². The van der Waals surface area contributed by atoms with Crippen molar-refractivity contribution in [3.8, 4) is 28.1 Å². The van der Waals surface area contributed by atoms with Gasteiger partial charge in [0.25, 0.3) is 0 Å². The first-order valence-corrected chi connectivity index (χ1v) is 9.77. The van der Waals surface area contributed by atoms with Gasteiger partial charge in [0, 0.05) is 40.7 Å². The second-order valence-corrected chi connectivity index (χ2v) is 7.45. The van der Waals surface area contributed by atoms with Crippen LogP contribution in [-0.2, 0) is 0 Å². The van der Waals surface area contributed by atoms with Gasteiger partial charge in [0.15, 0.2) is 0 Å². The standard InChI is InChI=1S/C22H22N6O/c23-22-20(21-9-15-7-19(29)2-1-14(15)10-25-21)8-16(11-26-22)17-12-27-28(13-17)18-3-5-24-6-4-18/h1-2,7-13,18,24,29H,3-6H2,(H2,23,26). The van der Waals surface area contributed by atoms with Crippen molar-refractivity contribution < 1.29 is 5.11 Å². The molecule has 0 unspecified atom stereocenters. The Morgan fingerprint density at radius 1 is 0.966 bits per heavy atom. The van der Waals surface area contributed by atoms with Gasteiger partial charge < -0.3 is 16.2 Å². The number of nitrogens with one attached hydrogen (secondary N) is 1. The van der Waals surface area contributed by atoms with Crippen LogP contribution in [0.2, 0.25) is 0 Å². The van der Waals surface area contributed by atoms with Crippen molar-refractivity contribution in [2.75, 3.05) is 18.8 Å². The van der Waals surface area contributed by atoms with Gasteiger partial charge in [0.1, 0.15) is 11.6 Å². The third kappa shape index (κ3) is 3.40. The third-order valence-electron chi connectivity index (χ3n) is 5.52. The number of aromatic nitrogens is 4. The molecule has 1 fully saturated rings. The molecule has 146 valence electrons. The lowest BCUT2D eigenvalue weighted by atomic mass is 10.0. The number of rotatable bonds is 3. The maximum Gasteiger partial charge on any atom is 0.132 e. The third-order valence-corrected chi connectivity index (χ3v) is 5.52. The first-order chi connectivity index (χ1) is 14.2. The fraction of sp³-hybridized carbons (Fsp3) is 0.227. The molecule has 3 aromatic heterocycles. The summed E-state index contributed by atoms with van der Waals surface area (Å²) < 4.78 is 2.06. The van der Waals surface area contributed by atoms with E-state index in [9.17, 15) is 5.11 Å². The Balaban J connectivity index is 1.51. The van der Waals surface area contributed by atoms with Crippen molar-refractivity contribution in [3.63, 3.8) is 0 Å². The van der Waals surface area contributed by atoms with Gasteiger partial charge in [-0.25, -0.2) is 4.98 Å². The molecule has 0 atom stereocenters. The normalized spacial score (nSPS) is 15.0. The number of nitrogens with zero attached hydrogens (tertiary/aromatic N) is 4. The highest BCUT2D eigenvalue weighted by atomic mass is 16.3. The number of phenols is 1. The Bertz CT molecular complexity index is 1180. The molecule has 0 saturated carbocycles. The van der Waals surface area contributed by atoms with E-state index in [0.29, 0.717) is 11.9 Å². The summed E-state index contributed by atoms with van der Waals surface area (Å²) in [5.74, 6) is 0.645. The van der Waals surface area contributed by atoms with Gasteiger partial charge in [-0.1, -0.05) is 0 Å². The van der Waals surface area contributed by atoms with Crippen LogP contribution in [0.5, 0.6) is 5.75 Å². The Morgan fingerprint density at radius 2 is 1.83 bits per heavy atom. The van der Waals surface area contributed by atoms with Crippen LogP contribution in [0, 0.1) is 0 Å². The summed E-state index contributed by atoms with van der Waals surface area (Å²) in [5, 5.41) is 19.6. The smallest absolute Gasteiger partial charge is 0.132 e. The Labute approximate surface area is 168 Å². The second kappa shape index (κ2) is 7.18. The van der Waals surface area contributed by atoms with Gasteiger partial charge in [0.05, 0.1) is 17.9 Å². The second-order valence-electron chi connectivity index (χ2n) is 7.45. The molecule has 1 aliphatic rings. The van der Waals surface area contributed by atoms with Gasteiger partial charge in [-0.15, -0.1) is 0 Å². The molecule has 0 spiro atoms. The minimum absolute atomic E-state index is 0.222. The molecular formula is C22H22N6O. The van der Waals surface area contributed by atoms with Gasteiger partial charge in [0.2, 0.25) is 0 Å². The maximum atomic E-state index is 9.78. The number of nitrogen functional groups attached to an aromatic ring is 1. The van der Waals surface area contributed by atoms with Crippen LogP contribution in [0.3, 0.4) is 0 Å². The molecule has 1 saturated heterocycles. The van der Waals surface area contributed by atoms with E-state index in [1.807, 2.05) is 24.4 Å². The zero-order valence-corrected chi connectivity index (χ0v) is 15.9. The van der Waals surface area contributed by atoms with Crippen LogP contribution in [0.25, 0.3) is 33.2 Å². The molecule has 29 heavy (non-hydrogen) atoms. The Morgan fingerprint density at radius 3 is 2.69 bits per heavy atom. The van der Waals surface area contributed by atoms with E-state index >= 15 is 0 Å². The SMILES string of the molecule is Nc1ncc(-c2cnn(C3CCNCC3)c2)cc1-c1cc2cc(O)ccc2cn1. The van der Waals surface area contributed by atoms with Crippen LogP contribution >= 0.6 is 0 Å². The number of hydrogen-bond acceptors (Lipinski definition) is 6. The average Bonchev–Trinajstić information content (AvgIpc) is 3.24. The van der Waals surface area contributed by atoms with E-state index in [4.69, 9.17) is 5.73 Å². The summed E-state index contributed by atoms with van der Waals surface area (Å²) in [5.41, 5.74) is 9.62. The summed E-state index contributed by atoms with van der Waals surface area (Å²) in [6.45, 7) is 2.05. The van der Waals surface area contributed by atoms with E-state index in [1.165, 1.54) is 0 Å². The number of pyridine rings is 2. The number of phenolic OH excluding ortho intramolecular Hbond substituents is 1. The lowest BCUT2D eigenvalue weighted by Crippen LogP contribution is -2.29. The minimum atomic E-state index is 0.222. The molecule has 0 amide bonds. The summed E-state index contributed by atoms with van der Waals surface area (Å²) in [4.78, 5) is 8.94. The van der Waals surface area contributed by atoms with Crippen molar-refractivity contribution in [3.05, 3.63) is 55.1 Å². The lowest BCUT2D eigenvalue weighted by molar-refractivity contribution is 0.343. The summed E-state index contributed by atoms with van der Waals surface area (Å²) in [6.07, 6.45) is 9.69. The fourth-order valence-corrected chi connectivity index (χ4v) is 3.87. The molecule has 0 bridgehead atoms. The molecule has 5 rings (SSSR count). The number of nitrogens with two attached hydrogens (primary N) is 1. The first kappa shape index (κ1) is 17.6. The molecule has 1 aromatic carbocycles. The highest BCUT2D eigenvalue weighted by molar-refractivity contribution is 5.88. The topological polar surface area (TPSA) is 102 Å². The quantitative estimate of drug-likeness (QED) is 0.499. The number of hydrogen-bond donors (Lipinski definition) is 3. The van der Waals surface area contributed by atoms with Crippen molar-refractivity contribution >= 4 is 16.6 Å². The molecule has 7 nitrogen and oxygen atoms in total. The van der Waals surface area contributed by atoms with E-state index in [-0.39, 0.29) is 5.75 Å². The van der Waals surface area contributed by atoms with Crippen molar-refractivity contribution in [2.24, 2.45) is 0 Å². The van der Waals surface area contributed by atoms with E-state index < -0.39 is 0 Å². The number of fused-ring (bicyclic) bond motifs is 1. The van der Waals surface area contributed by atoms with Crippen LogP contribution in [-0.4, -0.2) is 37.9 Å². The van der Waals surface area contributed by atoms with Gasteiger partial charge in [-0.3, -0.25) is 9.67 Å². The molecular weight excluding hydrogens is 364 g/mol. The van der Waals surface area contributed by atoms with Gasteiger partial charge >= 0.3 is 0 Å². The summed E-state index contributed by atoms with van der Waals surface area (Å²) >= 11 is 0. The van der Waals surface area contributed by atoms with Gasteiger partial charge in [-0.2, -0.15) is 5.10 Å². The monoisotopic (exact) mass is 386 g/mol. The Hall–Kier alpha value is -3.45. The van der Waals surface area contributed by atoms with Gasteiger partial charge in [-0.05, 0) is 61.6 Å². The summed E-state index contributed by atoms with van der Waals surface area (Å²) in [6, 6.07) is 9.57. The number of piperidine rings is 1. The maximum absolute atomic E-state index is 9.78. The molecule has 0 radical (unpaired) electrons. The van der Waals surface area contributed by atoms with Crippen LogP contribution in [0.1, 0.15) is 18.9 Å². The predicted molar refractivity (Wildman–Crippen MR) is 113 cm³/mol. The average molecular weight is 386 g/mol.